The third-order valence-electron chi connectivity index (χ3n) is 5.26. The van der Waals surface area contributed by atoms with Crippen LogP contribution < -0.4 is 10.6 Å². The maximum absolute atomic E-state index is 12.7. The zero-order chi connectivity index (χ0) is 17.1. The number of rotatable bonds is 6. The van der Waals surface area contributed by atoms with Gasteiger partial charge in [-0.15, -0.1) is 0 Å². The Bertz CT molecular complexity index is 555. The summed E-state index contributed by atoms with van der Waals surface area (Å²) in [6, 6.07) is 0. The molecule has 0 aliphatic carbocycles. The Morgan fingerprint density at radius 2 is 2.29 bits per heavy atom. The molecule has 6 heteroatoms. The fourth-order valence-corrected chi connectivity index (χ4v) is 4.07. The monoisotopic (exact) mass is 333 g/mol. The summed E-state index contributed by atoms with van der Waals surface area (Å²) in [6.07, 6.45) is 5.11. The number of carbonyl (C=O) groups excluding carboxylic acids is 1. The van der Waals surface area contributed by atoms with Crippen LogP contribution in [0.2, 0.25) is 0 Å². The molecule has 0 aromatic carbocycles. The molecule has 2 aliphatic rings. The van der Waals surface area contributed by atoms with Gasteiger partial charge in [-0.05, 0) is 30.4 Å². The molecule has 1 unspecified atom stereocenters. The van der Waals surface area contributed by atoms with E-state index in [-0.39, 0.29) is 17.7 Å². The zero-order valence-electron chi connectivity index (χ0n) is 15.2. The number of nitrogens with zero attached hydrogens (tertiary/aromatic N) is 3. The first-order chi connectivity index (χ1) is 11.5. The van der Waals surface area contributed by atoms with Crippen LogP contribution in [0.1, 0.15) is 31.7 Å². The van der Waals surface area contributed by atoms with Gasteiger partial charge >= 0.3 is 0 Å². The average Bonchev–Trinajstić information content (AvgIpc) is 3.24. The van der Waals surface area contributed by atoms with Crippen LogP contribution in [-0.4, -0.2) is 59.9 Å². The highest BCUT2D eigenvalue weighted by Crippen LogP contribution is 2.28. The van der Waals surface area contributed by atoms with Crippen molar-refractivity contribution in [2.45, 2.75) is 26.2 Å². The number of aromatic nitrogens is 2. The quantitative estimate of drug-likeness (QED) is 0.809. The van der Waals surface area contributed by atoms with Crippen molar-refractivity contribution in [3.8, 4) is 0 Å². The van der Waals surface area contributed by atoms with Crippen LogP contribution in [0, 0.1) is 17.8 Å². The molecule has 1 amide bonds. The van der Waals surface area contributed by atoms with Crippen molar-refractivity contribution in [2.24, 2.45) is 24.8 Å². The molecule has 3 atom stereocenters. The summed E-state index contributed by atoms with van der Waals surface area (Å²) in [4.78, 5) is 15.2. The molecular weight excluding hydrogens is 302 g/mol. The first-order valence-electron chi connectivity index (χ1n) is 9.22. The van der Waals surface area contributed by atoms with Crippen molar-refractivity contribution in [2.75, 3.05) is 39.3 Å². The molecule has 2 aliphatic heterocycles. The SMILES string of the molecule is CC(C)CN1CCC(CNC(=O)[C@H]2CNC[C@@H]2c2cnn(C)c2)C1. The third kappa shape index (κ3) is 4.16. The van der Waals surface area contributed by atoms with Gasteiger partial charge in [0, 0.05) is 51.9 Å². The van der Waals surface area contributed by atoms with Gasteiger partial charge in [-0.25, -0.2) is 0 Å². The maximum atomic E-state index is 12.7. The molecule has 134 valence electrons. The van der Waals surface area contributed by atoms with Gasteiger partial charge in [0.1, 0.15) is 0 Å². The molecule has 0 radical (unpaired) electrons. The first-order valence-corrected chi connectivity index (χ1v) is 9.22. The summed E-state index contributed by atoms with van der Waals surface area (Å²) in [5, 5.41) is 10.8. The van der Waals surface area contributed by atoms with Crippen molar-refractivity contribution in [3.63, 3.8) is 0 Å². The van der Waals surface area contributed by atoms with Crippen molar-refractivity contribution in [1.82, 2.24) is 25.3 Å². The van der Waals surface area contributed by atoms with Gasteiger partial charge in [0.25, 0.3) is 0 Å². The van der Waals surface area contributed by atoms with Crippen LogP contribution >= 0.6 is 0 Å². The van der Waals surface area contributed by atoms with Crippen molar-refractivity contribution < 1.29 is 4.79 Å². The summed E-state index contributed by atoms with van der Waals surface area (Å²) in [6.45, 7) is 10.4. The van der Waals surface area contributed by atoms with E-state index in [9.17, 15) is 4.79 Å². The molecule has 3 rings (SSSR count). The fraction of sp³-hybridized carbons (Fsp3) is 0.778. The highest BCUT2D eigenvalue weighted by Gasteiger charge is 2.35. The number of hydrogen-bond donors (Lipinski definition) is 2. The highest BCUT2D eigenvalue weighted by atomic mass is 16.1. The molecule has 6 nitrogen and oxygen atoms in total. The summed E-state index contributed by atoms with van der Waals surface area (Å²) in [7, 11) is 1.92. The van der Waals surface area contributed by atoms with Gasteiger partial charge in [-0.3, -0.25) is 9.48 Å². The van der Waals surface area contributed by atoms with Gasteiger partial charge in [0.2, 0.25) is 5.91 Å². The molecular formula is C18H31N5O. The smallest absolute Gasteiger partial charge is 0.225 e. The van der Waals surface area contributed by atoms with E-state index in [1.165, 1.54) is 19.5 Å². The van der Waals surface area contributed by atoms with E-state index in [0.717, 1.165) is 31.7 Å². The third-order valence-corrected chi connectivity index (χ3v) is 5.26. The largest absolute Gasteiger partial charge is 0.355 e. The van der Waals surface area contributed by atoms with Crippen LogP contribution in [0.15, 0.2) is 12.4 Å². The Labute approximate surface area is 145 Å². The Hall–Kier alpha value is -1.40. The van der Waals surface area contributed by atoms with E-state index in [1.807, 2.05) is 24.1 Å². The lowest BCUT2D eigenvalue weighted by atomic mass is 9.90. The predicted molar refractivity (Wildman–Crippen MR) is 94.7 cm³/mol. The molecule has 3 heterocycles. The molecule has 0 spiro atoms. The minimum Gasteiger partial charge on any atom is -0.355 e. The lowest BCUT2D eigenvalue weighted by molar-refractivity contribution is -0.125. The van der Waals surface area contributed by atoms with E-state index in [0.29, 0.717) is 11.8 Å². The molecule has 2 saturated heterocycles. The van der Waals surface area contributed by atoms with Crippen LogP contribution in [-0.2, 0) is 11.8 Å². The predicted octanol–water partition coefficient (Wildman–Crippen LogP) is 0.817. The van der Waals surface area contributed by atoms with E-state index >= 15 is 0 Å². The summed E-state index contributed by atoms with van der Waals surface area (Å²) in [5.41, 5.74) is 1.16. The lowest BCUT2D eigenvalue weighted by Gasteiger charge is -2.20. The van der Waals surface area contributed by atoms with Gasteiger partial charge in [0.05, 0.1) is 12.1 Å². The molecule has 1 aromatic heterocycles. The Kier molecular flexibility index (Phi) is 5.56. The number of carbonyl (C=O) groups is 1. The van der Waals surface area contributed by atoms with Gasteiger partial charge in [-0.1, -0.05) is 13.8 Å². The second-order valence-electron chi connectivity index (χ2n) is 7.87. The van der Waals surface area contributed by atoms with Crippen LogP contribution in [0.4, 0.5) is 0 Å². The van der Waals surface area contributed by atoms with E-state index < -0.39 is 0 Å². The summed E-state index contributed by atoms with van der Waals surface area (Å²) < 4.78 is 1.81. The lowest BCUT2D eigenvalue weighted by Crippen LogP contribution is -2.38. The number of amides is 1. The molecule has 0 saturated carbocycles. The molecule has 24 heavy (non-hydrogen) atoms. The fourth-order valence-electron chi connectivity index (χ4n) is 4.07. The molecule has 1 aromatic rings. The van der Waals surface area contributed by atoms with Crippen LogP contribution in [0.3, 0.4) is 0 Å². The van der Waals surface area contributed by atoms with E-state index in [1.54, 1.807) is 0 Å². The van der Waals surface area contributed by atoms with Gasteiger partial charge in [-0.2, -0.15) is 5.10 Å². The van der Waals surface area contributed by atoms with Crippen LogP contribution in [0.5, 0.6) is 0 Å². The normalized spacial score (nSPS) is 27.9. The topological polar surface area (TPSA) is 62.2 Å². The minimum atomic E-state index is 0.0161. The van der Waals surface area contributed by atoms with Gasteiger partial charge in [0.15, 0.2) is 0 Å². The van der Waals surface area contributed by atoms with Crippen molar-refractivity contribution in [3.05, 3.63) is 18.0 Å². The highest BCUT2D eigenvalue weighted by molar-refractivity contribution is 5.80. The minimum absolute atomic E-state index is 0.0161. The summed E-state index contributed by atoms with van der Waals surface area (Å²) >= 11 is 0. The Balaban J connectivity index is 1.48. The second-order valence-corrected chi connectivity index (χ2v) is 7.87. The van der Waals surface area contributed by atoms with Crippen molar-refractivity contribution in [1.29, 1.82) is 0 Å². The maximum Gasteiger partial charge on any atom is 0.225 e. The number of aryl methyl sites for hydroxylation is 1. The zero-order valence-corrected chi connectivity index (χ0v) is 15.2. The Morgan fingerprint density at radius 3 is 3.00 bits per heavy atom. The van der Waals surface area contributed by atoms with Gasteiger partial charge < -0.3 is 15.5 Å². The first kappa shape index (κ1) is 17.4. The Morgan fingerprint density at radius 1 is 1.46 bits per heavy atom. The van der Waals surface area contributed by atoms with E-state index in [2.05, 4.69) is 34.5 Å². The average molecular weight is 333 g/mol. The van der Waals surface area contributed by atoms with Crippen molar-refractivity contribution >= 4 is 5.91 Å². The van der Waals surface area contributed by atoms with Crippen LogP contribution in [0.25, 0.3) is 0 Å². The molecule has 2 N–H and O–H groups in total. The molecule has 2 fully saturated rings. The second kappa shape index (κ2) is 7.66. The molecule has 0 bridgehead atoms. The summed E-state index contributed by atoms with van der Waals surface area (Å²) in [5.74, 6) is 1.75. The number of hydrogen-bond acceptors (Lipinski definition) is 4. The number of nitrogens with one attached hydrogen (secondary N) is 2. The standard InChI is InChI=1S/C18H31N5O/c1-13(2)10-23-5-4-14(11-23)6-20-18(24)17-9-19-8-16(17)15-7-21-22(3)12-15/h7,12-14,16-17,19H,4-6,8-11H2,1-3H3,(H,20,24)/t14?,16-,17+/m1/s1. The van der Waals surface area contributed by atoms with E-state index in [4.69, 9.17) is 0 Å². The number of likely N-dealkylation sites (tertiary alicyclic amines) is 1.